The molecule has 0 spiro atoms. The third kappa shape index (κ3) is 4.75. The number of amides is 1. The van der Waals surface area contributed by atoms with Gasteiger partial charge >= 0.3 is 0 Å². The van der Waals surface area contributed by atoms with Gasteiger partial charge in [0, 0.05) is 7.11 Å². The molecule has 4 heteroatoms. The Morgan fingerprint density at radius 2 is 2.09 bits per heavy atom. The van der Waals surface area contributed by atoms with E-state index in [9.17, 15) is 4.79 Å². The molecule has 0 aliphatic heterocycles. The van der Waals surface area contributed by atoms with Crippen LogP contribution in [0.3, 0.4) is 0 Å². The first-order valence-electron chi connectivity index (χ1n) is 3.51. The van der Waals surface area contributed by atoms with E-state index < -0.39 is 12.0 Å². The minimum atomic E-state index is -0.542. The van der Waals surface area contributed by atoms with Gasteiger partial charge in [-0.1, -0.05) is 0 Å². The Labute approximate surface area is 66.7 Å². The van der Waals surface area contributed by atoms with Crippen molar-refractivity contribution in [2.24, 2.45) is 5.73 Å². The predicted octanol–water partition coefficient (Wildman–Crippen LogP) is -0.0883. The van der Waals surface area contributed by atoms with Crippen LogP contribution < -0.4 is 5.73 Å². The third-order valence-electron chi connectivity index (χ3n) is 1.24. The first-order chi connectivity index (χ1) is 5.07. The van der Waals surface area contributed by atoms with Crippen LogP contribution in [-0.4, -0.2) is 31.8 Å². The van der Waals surface area contributed by atoms with Crippen LogP contribution in [0, 0.1) is 0 Å². The second-order valence-corrected chi connectivity index (χ2v) is 2.45. The van der Waals surface area contributed by atoms with Crippen molar-refractivity contribution in [3.8, 4) is 0 Å². The molecule has 0 aromatic heterocycles. The summed E-state index contributed by atoms with van der Waals surface area (Å²) in [6.45, 7) is 3.91. The predicted molar refractivity (Wildman–Crippen MR) is 41.1 cm³/mol. The molecule has 4 nitrogen and oxygen atoms in total. The summed E-state index contributed by atoms with van der Waals surface area (Å²) in [6.07, 6.45) is -0.636. The number of nitrogens with two attached hydrogens (primary N) is 1. The number of hydrogen-bond acceptors (Lipinski definition) is 3. The molecule has 0 bridgehead atoms. The highest BCUT2D eigenvalue weighted by Gasteiger charge is 2.12. The average molecular weight is 161 g/mol. The van der Waals surface area contributed by atoms with E-state index in [0.717, 1.165) is 0 Å². The van der Waals surface area contributed by atoms with E-state index in [4.69, 9.17) is 15.2 Å². The van der Waals surface area contributed by atoms with Crippen molar-refractivity contribution in [3.05, 3.63) is 0 Å². The molecule has 0 aromatic rings. The topological polar surface area (TPSA) is 61.6 Å². The van der Waals surface area contributed by atoms with E-state index in [1.54, 1.807) is 14.0 Å². The van der Waals surface area contributed by atoms with E-state index in [-0.39, 0.29) is 6.10 Å². The van der Waals surface area contributed by atoms with Gasteiger partial charge in [-0.25, -0.2) is 0 Å². The number of hydrogen-bond donors (Lipinski definition) is 1. The molecule has 11 heavy (non-hydrogen) atoms. The van der Waals surface area contributed by atoms with E-state index in [1.807, 2.05) is 6.92 Å². The first-order valence-corrected chi connectivity index (χ1v) is 3.51. The molecule has 0 aliphatic carbocycles. The van der Waals surface area contributed by atoms with Crippen LogP contribution in [0.1, 0.15) is 13.8 Å². The van der Waals surface area contributed by atoms with Gasteiger partial charge in [-0.05, 0) is 13.8 Å². The molecular weight excluding hydrogens is 146 g/mol. The summed E-state index contributed by atoms with van der Waals surface area (Å²) in [7, 11) is 1.58. The fraction of sp³-hybridized carbons (Fsp3) is 0.857. The molecule has 2 atom stereocenters. The monoisotopic (exact) mass is 161 g/mol. The maximum absolute atomic E-state index is 10.5. The lowest BCUT2D eigenvalue weighted by Crippen LogP contribution is -2.32. The van der Waals surface area contributed by atoms with Crippen molar-refractivity contribution in [2.75, 3.05) is 13.7 Å². The van der Waals surface area contributed by atoms with Crippen molar-refractivity contribution < 1.29 is 14.3 Å². The summed E-state index contributed by atoms with van der Waals surface area (Å²) in [4.78, 5) is 10.5. The van der Waals surface area contributed by atoms with Crippen LogP contribution in [0.2, 0.25) is 0 Å². The zero-order chi connectivity index (χ0) is 8.85. The minimum Gasteiger partial charge on any atom is -0.382 e. The summed E-state index contributed by atoms with van der Waals surface area (Å²) >= 11 is 0. The van der Waals surface area contributed by atoms with Gasteiger partial charge in [-0.2, -0.15) is 0 Å². The maximum Gasteiger partial charge on any atom is 0.246 e. The molecule has 2 unspecified atom stereocenters. The second kappa shape index (κ2) is 5.09. The quantitative estimate of drug-likeness (QED) is 0.613. The molecular formula is C7H15NO3. The Balaban J connectivity index is 3.56. The second-order valence-electron chi connectivity index (χ2n) is 2.45. The molecule has 2 N–H and O–H groups in total. The number of carbonyl (C=O) groups excluding carboxylic acids is 1. The van der Waals surface area contributed by atoms with Gasteiger partial charge < -0.3 is 15.2 Å². The maximum atomic E-state index is 10.5. The van der Waals surface area contributed by atoms with Crippen LogP contribution in [0.15, 0.2) is 0 Å². The highest BCUT2D eigenvalue weighted by molar-refractivity contribution is 5.78. The van der Waals surface area contributed by atoms with Gasteiger partial charge in [-0.3, -0.25) is 4.79 Å². The van der Waals surface area contributed by atoms with Gasteiger partial charge in [0.1, 0.15) is 6.10 Å². The molecule has 1 amide bonds. The van der Waals surface area contributed by atoms with Crippen LogP contribution >= 0.6 is 0 Å². The zero-order valence-corrected chi connectivity index (χ0v) is 7.16. The van der Waals surface area contributed by atoms with Gasteiger partial charge in [0.25, 0.3) is 0 Å². The molecule has 0 aliphatic rings. The highest BCUT2D eigenvalue weighted by Crippen LogP contribution is 1.97. The average Bonchev–Trinajstić information content (AvgIpc) is 1.87. The van der Waals surface area contributed by atoms with Crippen LogP contribution in [-0.2, 0) is 14.3 Å². The molecule has 0 saturated heterocycles. The molecule has 0 radical (unpaired) electrons. The first kappa shape index (κ1) is 10.4. The SMILES string of the molecule is COCC(C)OC(C)C(N)=O. The van der Waals surface area contributed by atoms with E-state index in [1.165, 1.54) is 0 Å². The summed E-state index contributed by atoms with van der Waals surface area (Å²) in [5.74, 6) is -0.451. The van der Waals surface area contributed by atoms with Gasteiger partial charge in [0.2, 0.25) is 5.91 Å². The lowest BCUT2D eigenvalue weighted by atomic mass is 10.3. The van der Waals surface area contributed by atoms with E-state index in [2.05, 4.69) is 0 Å². The molecule has 0 rings (SSSR count). The van der Waals surface area contributed by atoms with Gasteiger partial charge in [-0.15, -0.1) is 0 Å². The lowest BCUT2D eigenvalue weighted by Gasteiger charge is -2.15. The van der Waals surface area contributed by atoms with E-state index >= 15 is 0 Å². The van der Waals surface area contributed by atoms with Crippen LogP contribution in [0.25, 0.3) is 0 Å². The van der Waals surface area contributed by atoms with Crippen LogP contribution in [0.4, 0.5) is 0 Å². The zero-order valence-electron chi connectivity index (χ0n) is 7.16. The Morgan fingerprint density at radius 3 is 2.45 bits per heavy atom. The van der Waals surface area contributed by atoms with Gasteiger partial charge in [0.05, 0.1) is 12.7 Å². The molecule has 66 valence electrons. The number of ether oxygens (including phenoxy) is 2. The fourth-order valence-corrected chi connectivity index (χ4v) is 0.690. The molecule has 0 saturated carbocycles. The van der Waals surface area contributed by atoms with Crippen molar-refractivity contribution >= 4 is 5.91 Å². The molecule has 0 aromatic carbocycles. The number of methoxy groups -OCH3 is 1. The minimum absolute atomic E-state index is 0.0949. The van der Waals surface area contributed by atoms with Crippen molar-refractivity contribution in [1.29, 1.82) is 0 Å². The largest absolute Gasteiger partial charge is 0.382 e. The Kier molecular flexibility index (Phi) is 4.81. The molecule has 0 fully saturated rings. The van der Waals surface area contributed by atoms with Crippen molar-refractivity contribution in [1.82, 2.24) is 0 Å². The lowest BCUT2D eigenvalue weighted by molar-refractivity contribution is -0.133. The molecule has 0 heterocycles. The summed E-state index contributed by atoms with van der Waals surface area (Å²) in [5, 5.41) is 0. The third-order valence-corrected chi connectivity index (χ3v) is 1.24. The number of carbonyl (C=O) groups is 1. The van der Waals surface area contributed by atoms with E-state index in [0.29, 0.717) is 6.61 Å². The summed E-state index contributed by atoms with van der Waals surface area (Å²) in [5.41, 5.74) is 4.98. The highest BCUT2D eigenvalue weighted by atomic mass is 16.5. The number of primary amides is 1. The van der Waals surface area contributed by atoms with Crippen molar-refractivity contribution in [3.63, 3.8) is 0 Å². The summed E-state index contributed by atoms with van der Waals surface area (Å²) < 4.78 is 9.96. The summed E-state index contributed by atoms with van der Waals surface area (Å²) in [6, 6.07) is 0. The van der Waals surface area contributed by atoms with Crippen molar-refractivity contribution in [2.45, 2.75) is 26.1 Å². The van der Waals surface area contributed by atoms with Gasteiger partial charge in [0.15, 0.2) is 0 Å². The Morgan fingerprint density at radius 1 is 1.55 bits per heavy atom. The Hall–Kier alpha value is -0.610. The number of rotatable bonds is 5. The smallest absolute Gasteiger partial charge is 0.246 e. The normalized spacial score (nSPS) is 15.9. The van der Waals surface area contributed by atoms with Crippen LogP contribution in [0.5, 0.6) is 0 Å². The Bertz CT molecular complexity index is 127. The fourth-order valence-electron chi connectivity index (χ4n) is 0.690. The standard InChI is InChI=1S/C7H15NO3/c1-5(4-10-3)11-6(2)7(8)9/h5-6H,4H2,1-3H3,(H2,8,9).